The molecule has 9 atom stereocenters. The third-order valence-corrected chi connectivity index (χ3v) is 15.6. The van der Waals surface area contributed by atoms with E-state index in [9.17, 15) is 19.8 Å². The number of carbonyl (C=O) groups is 2. The van der Waals surface area contributed by atoms with E-state index in [1.54, 1.807) is 0 Å². The van der Waals surface area contributed by atoms with Gasteiger partial charge in [0, 0.05) is 52.1 Å². The van der Waals surface area contributed by atoms with Crippen LogP contribution < -0.4 is 5.32 Å². The molecular formula is C47H63N3O5. The van der Waals surface area contributed by atoms with Gasteiger partial charge in [0.2, 0.25) is 5.91 Å². The second-order valence-corrected chi connectivity index (χ2v) is 20.1. The van der Waals surface area contributed by atoms with Gasteiger partial charge in [0.15, 0.2) is 5.78 Å². The number of nitrogens with one attached hydrogen (secondary N) is 1. The molecule has 55 heavy (non-hydrogen) atoms. The standard InChI is InChI=1S/C47H63N3O5/c1-25(2)37-40(53)35-34-28(31-24-43(4,5)55-44(6,7)36(31)39(34)52)23-29-30-22-27-15-16-32-45(8,18-13-14-26(3)42(54)48-20-21-49(11)12)33(51)17-19-46(32,9)47(27,10)41(30)50(37)38(29)35/h13-14,18,23-24,27,32-33,36-37,39,51-52H,1,15-17,19-22H2,2-12H3,(H,48,54)/b18-13+,26-14+/t27-,32-,33-,36+,37-,39+,45-,46-,47+/m0/s1. The molecule has 1 amide bonds. The van der Waals surface area contributed by atoms with Crippen LogP contribution in [0.2, 0.25) is 0 Å². The minimum Gasteiger partial charge on any atom is -0.392 e. The molecule has 0 bridgehead atoms. The van der Waals surface area contributed by atoms with Crippen LogP contribution in [0.5, 0.6) is 0 Å². The van der Waals surface area contributed by atoms with Crippen molar-refractivity contribution >= 4 is 28.2 Å². The number of ether oxygens (including phenoxy) is 1. The number of fused-ring (bicyclic) bond motifs is 11. The number of amides is 1. The first-order valence-electron chi connectivity index (χ1n) is 20.6. The van der Waals surface area contributed by atoms with Gasteiger partial charge in [0.05, 0.1) is 34.5 Å². The van der Waals surface area contributed by atoms with Crippen molar-refractivity contribution in [3.8, 4) is 0 Å². The Morgan fingerprint density at radius 3 is 2.47 bits per heavy atom. The van der Waals surface area contributed by atoms with Crippen molar-refractivity contribution < 1.29 is 24.5 Å². The Bertz CT molecular complexity index is 2130. The molecule has 2 aromatic rings. The number of carbonyl (C=O) groups excluding carboxylic acids is 2. The number of benzene rings is 1. The summed E-state index contributed by atoms with van der Waals surface area (Å²) >= 11 is 0. The summed E-state index contributed by atoms with van der Waals surface area (Å²) in [7, 11) is 3.98. The van der Waals surface area contributed by atoms with Crippen LogP contribution in [0.15, 0.2) is 48.1 Å². The van der Waals surface area contributed by atoms with Crippen molar-refractivity contribution in [1.29, 1.82) is 0 Å². The average Bonchev–Trinajstić information content (AvgIpc) is 3.75. The fourth-order valence-electron chi connectivity index (χ4n) is 13.1. The smallest absolute Gasteiger partial charge is 0.246 e. The van der Waals surface area contributed by atoms with Crippen LogP contribution in [0.3, 0.4) is 0 Å². The zero-order valence-corrected chi connectivity index (χ0v) is 35.0. The van der Waals surface area contributed by atoms with Gasteiger partial charge in [0.1, 0.15) is 6.04 Å². The van der Waals surface area contributed by atoms with Gasteiger partial charge in [-0.3, -0.25) is 9.59 Å². The fourth-order valence-corrected chi connectivity index (χ4v) is 13.1. The van der Waals surface area contributed by atoms with Crippen molar-refractivity contribution in [2.75, 3.05) is 27.2 Å². The molecule has 296 valence electrons. The Hall–Kier alpha value is -3.30. The normalized spacial score (nSPS) is 36.8. The van der Waals surface area contributed by atoms with Crippen LogP contribution in [0, 0.1) is 28.6 Å². The number of aliphatic hydroxyl groups excluding tert-OH is 2. The molecule has 0 spiro atoms. The maximum absolute atomic E-state index is 14.9. The van der Waals surface area contributed by atoms with E-state index in [2.05, 4.69) is 83.1 Å². The number of aromatic nitrogens is 1. The Morgan fingerprint density at radius 2 is 1.80 bits per heavy atom. The van der Waals surface area contributed by atoms with E-state index in [-0.39, 0.29) is 34.4 Å². The van der Waals surface area contributed by atoms with Gasteiger partial charge >= 0.3 is 0 Å². The predicted molar refractivity (Wildman–Crippen MR) is 219 cm³/mol. The summed E-state index contributed by atoms with van der Waals surface area (Å²) in [6.45, 7) is 25.0. The van der Waals surface area contributed by atoms with Crippen molar-refractivity contribution in [2.45, 2.75) is 129 Å². The Kier molecular flexibility index (Phi) is 8.66. The Morgan fingerprint density at radius 1 is 1.09 bits per heavy atom. The third kappa shape index (κ3) is 5.16. The summed E-state index contributed by atoms with van der Waals surface area (Å²) in [5.74, 6) is 0.246. The van der Waals surface area contributed by atoms with E-state index in [1.165, 1.54) is 11.3 Å². The fraction of sp³-hybridized carbons (Fsp3) is 0.617. The van der Waals surface area contributed by atoms with Gasteiger partial charge in [0.25, 0.3) is 0 Å². The molecule has 1 aromatic carbocycles. The number of allylic oxidation sites excluding steroid dienone is 3. The molecule has 8 rings (SSSR count). The lowest BCUT2D eigenvalue weighted by molar-refractivity contribution is -0.144. The van der Waals surface area contributed by atoms with Crippen molar-refractivity contribution in [3.63, 3.8) is 0 Å². The highest BCUT2D eigenvalue weighted by Gasteiger charge is 2.67. The maximum atomic E-state index is 14.9. The topological polar surface area (TPSA) is 104 Å². The highest BCUT2D eigenvalue weighted by molar-refractivity contribution is 6.18. The molecule has 8 heteroatoms. The first-order chi connectivity index (χ1) is 25.6. The lowest BCUT2D eigenvalue weighted by Crippen LogP contribution is -2.62. The van der Waals surface area contributed by atoms with Gasteiger partial charge < -0.3 is 29.7 Å². The molecule has 0 saturated heterocycles. The van der Waals surface area contributed by atoms with Crippen molar-refractivity contribution in [2.24, 2.45) is 28.6 Å². The summed E-state index contributed by atoms with van der Waals surface area (Å²) in [6.07, 6.45) is 11.4. The second kappa shape index (κ2) is 12.3. The second-order valence-electron chi connectivity index (χ2n) is 20.1. The van der Waals surface area contributed by atoms with Crippen LogP contribution >= 0.6 is 0 Å². The molecule has 3 N–H and O–H groups in total. The molecule has 8 nitrogen and oxygen atoms in total. The average molecular weight is 750 g/mol. The number of likely N-dealkylation sites (N-methyl/N-ethyl adjacent to an activating group) is 1. The van der Waals surface area contributed by atoms with E-state index < -0.39 is 34.9 Å². The van der Waals surface area contributed by atoms with Crippen LogP contribution in [-0.2, 0) is 21.4 Å². The molecule has 0 unspecified atom stereocenters. The number of nitrogens with zero attached hydrogens (tertiary/aromatic N) is 2. The van der Waals surface area contributed by atoms with Gasteiger partial charge in [-0.05, 0) is 134 Å². The summed E-state index contributed by atoms with van der Waals surface area (Å²) in [6, 6.07) is 1.78. The summed E-state index contributed by atoms with van der Waals surface area (Å²) in [5.41, 5.74) is 6.42. The molecule has 6 aliphatic rings. The van der Waals surface area contributed by atoms with Gasteiger partial charge in [-0.1, -0.05) is 51.2 Å². The van der Waals surface area contributed by atoms with E-state index in [0.29, 0.717) is 30.0 Å². The summed E-state index contributed by atoms with van der Waals surface area (Å²) < 4.78 is 8.92. The Balaban J connectivity index is 1.26. The van der Waals surface area contributed by atoms with Crippen LogP contribution in [0.25, 0.3) is 16.5 Å². The minimum absolute atomic E-state index is 0.0349. The zero-order chi connectivity index (χ0) is 39.9. The number of hydrogen-bond donors (Lipinski definition) is 3. The highest BCUT2D eigenvalue weighted by atomic mass is 16.5. The van der Waals surface area contributed by atoms with Crippen LogP contribution in [0.4, 0.5) is 0 Å². The number of rotatable bonds is 7. The molecule has 4 aliphatic carbocycles. The highest BCUT2D eigenvalue weighted by Crippen LogP contribution is 2.71. The van der Waals surface area contributed by atoms with Crippen molar-refractivity contribution in [3.05, 3.63) is 76.0 Å². The van der Waals surface area contributed by atoms with Crippen molar-refractivity contribution in [1.82, 2.24) is 14.8 Å². The number of hydrogen-bond acceptors (Lipinski definition) is 6. The lowest BCUT2D eigenvalue weighted by atomic mass is 9.40. The largest absolute Gasteiger partial charge is 0.392 e. The first-order valence-corrected chi connectivity index (χ1v) is 20.6. The van der Waals surface area contributed by atoms with Gasteiger partial charge in [-0.2, -0.15) is 0 Å². The van der Waals surface area contributed by atoms with E-state index >= 15 is 0 Å². The number of Topliss-reactive ketones (excluding diaryl/α,β-unsaturated/α-hetero) is 1. The third-order valence-electron chi connectivity index (χ3n) is 15.6. The van der Waals surface area contributed by atoms with Crippen LogP contribution in [0.1, 0.15) is 133 Å². The van der Waals surface area contributed by atoms with Gasteiger partial charge in [-0.25, -0.2) is 0 Å². The minimum atomic E-state index is -0.855. The predicted octanol–water partition coefficient (Wildman–Crippen LogP) is 7.78. The molecule has 2 fully saturated rings. The monoisotopic (exact) mass is 749 g/mol. The zero-order valence-electron chi connectivity index (χ0n) is 35.0. The lowest BCUT2D eigenvalue weighted by Gasteiger charge is -2.64. The molecule has 0 radical (unpaired) electrons. The maximum Gasteiger partial charge on any atom is 0.246 e. The van der Waals surface area contributed by atoms with Crippen LogP contribution in [-0.4, -0.2) is 75.9 Å². The molecule has 1 aromatic heterocycles. The first kappa shape index (κ1) is 38.6. The quantitative estimate of drug-likeness (QED) is 0.152. The molecular weight excluding hydrogens is 687 g/mol. The summed E-state index contributed by atoms with van der Waals surface area (Å²) in [5, 5.41) is 28.2. The molecule has 2 saturated carbocycles. The SMILES string of the molecule is C=C(C)[C@H]1C(=O)c2c3c(cc4c5c(n1c24)[C@@]1(C)[C@@H](CC[C@H]2[C@](C)(/C=C/C=C(\C)C(=O)NCCN(C)C)[C@@H](O)CC[C@@]21C)C5)C1=CC(C)(C)OC(C)(C)[C@H]1[C@@H]3O. The Labute approximate surface area is 327 Å². The summed E-state index contributed by atoms with van der Waals surface area (Å²) in [4.78, 5) is 29.8. The van der Waals surface area contributed by atoms with E-state index in [1.807, 2.05) is 45.0 Å². The van der Waals surface area contributed by atoms with Gasteiger partial charge in [-0.15, -0.1) is 0 Å². The van der Waals surface area contributed by atoms with E-state index in [4.69, 9.17) is 4.74 Å². The number of ketones is 1. The van der Waals surface area contributed by atoms with E-state index in [0.717, 1.165) is 65.4 Å². The molecule has 2 aliphatic heterocycles. The number of aliphatic hydroxyl groups is 2. The molecule has 3 heterocycles.